The number of rotatable bonds is 11. The Morgan fingerprint density at radius 2 is 1.77 bits per heavy atom. The van der Waals surface area contributed by atoms with Crippen molar-refractivity contribution in [2.75, 3.05) is 27.2 Å². The predicted molar refractivity (Wildman–Crippen MR) is 174 cm³/mol. The highest BCUT2D eigenvalue weighted by atomic mass is 32.1. The van der Waals surface area contributed by atoms with Crippen LogP contribution in [0.15, 0.2) is 78.4 Å². The number of aryl methyl sites for hydroxylation is 2. The van der Waals surface area contributed by atoms with Crippen LogP contribution in [0.1, 0.15) is 68.4 Å². The molecule has 7 nitrogen and oxygen atoms in total. The Labute approximate surface area is 259 Å². The van der Waals surface area contributed by atoms with Crippen molar-refractivity contribution in [3.05, 3.63) is 117 Å². The molecule has 0 aliphatic carbocycles. The molecule has 0 saturated carbocycles. The highest BCUT2D eigenvalue weighted by Crippen LogP contribution is 2.24. The van der Waals surface area contributed by atoms with Crippen molar-refractivity contribution in [2.24, 2.45) is 0 Å². The fourth-order valence-corrected chi connectivity index (χ4v) is 4.58. The summed E-state index contributed by atoms with van der Waals surface area (Å²) < 4.78 is 13.9. The van der Waals surface area contributed by atoms with Crippen LogP contribution in [0, 0.1) is 13.8 Å². The molecule has 2 aromatic carbocycles. The normalized spacial score (nSPS) is 10.7. The van der Waals surface area contributed by atoms with Gasteiger partial charge in [0, 0.05) is 59.8 Å². The van der Waals surface area contributed by atoms with E-state index in [1.165, 1.54) is 24.4 Å². The van der Waals surface area contributed by atoms with E-state index in [0.717, 1.165) is 24.2 Å². The van der Waals surface area contributed by atoms with Crippen molar-refractivity contribution in [2.45, 2.75) is 52.9 Å². The lowest BCUT2D eigenvalue weighted by atomic mass is 10.0. The standard InChI is InChI=1S/C20H24FN3O2.C7H12N2S.C7H8/c1-20(2,21)18-10-16(12-23-13-18)11-22-7-4-8-24-19(26)17-6-3-5-15(9-17)14-25;1-6-5-10-7(8-6)4-9(2)3;1-7-5-3-2-4-6-7/h3,5-6,9-10,12-14,22H,4,7-8,11H2,1-2H3,(H,24,26);5H,4H2,1-3H3;2-6H,1H3. The second kappa shape index (κ2) is 18.7. The van der Waals surface area contributed by atoms with Crippen LogP contribution in [0.5, 0.6) is 0 Å². The Morgan fingerprint density at radius 3 is 2.35 bits per heavy atom. The number of carbonyl (C=O) groups is 2. The van der Waals surface area contributed by atoms with E-state index in [1.54, 1.807) is 48.0 Å². The number of halogens is 1. The van der Waals surface area contributed by atoms with Crippen molar-refractivity contribution in [3.8, 4) is 0 Å². The minimum absolute atomic E-state index is 0.198. The first kappa shape index (κ1) is 35.4. The number of carbonyl (C=O) groups excluding carboxylic acids is 2. The minimum Gasteiger partial charge on any atom is -0.352 e. The van der Waals surface area contributed by atoms with Gasteiger partial charge >= 0.3 is 0 Å². The van der Waals surface area contributed by atoms with Gasteiger partial charge in [-0.15, -0.1) is 11.3 Å². The molecule has 9 heteroatoms. The van der Waals surface area contributed by atoms with Crippen LogP contribution in [0.25, 0.3) is 0 Å². The Morgan fingerprint density at radius 1 is 1.02 bits per heavy atom. The third kappa shape index (κ3) is 14.8. The number of nitrogens with one attached hydrogen (secondary N) is 2. The van der Waals surface area contributed by atoms with Crippen LogP contribution in [0.2, 0.25) is 0 Å². The van der Waals surface area contributed by atoms with Gasteiger partial charge in [0.2, 0.25) is 0 Å². The molecule has 0 atom stereocenters. The van der Waals surface area contributed by atoms with Crippen molar-refractivity contribution >= 4 is 23.5 Å². The van der Waals surface area contributed by atoms with Gasteiger partial charge in [0.1, 0.15) is 17.0 Å². The number of aromatic nitrogens is 2. The molecule has 0 bridgehead atoms. The molecule has 4 rings (SSSR count). The van der Waals surface area contributed by atoms with Gasteiger partial charge in [0.05, 0.1) is 0 Å². The van der Waals surface area contributed by atoms with E-state index in [0.29, 0.717) is 42.6 Å². The van der Waals surface area contributed by atoms with E-state index < -0.39 is 5.67 Å². The van der Waals surface area contributed by atoms with Crippen LogP contribution >= 0.6 is 11.3 Å². The van der Waals surface area contributed by atoms with Gasteiger partial charge in [-0.05, 0) is 78.5 Å². The van der Waals surface area contributed by atoms with Crippen LogP contribution in [0.3, 0.4) is 0 Å². The first-order valence-electron chi connectivity index (χ1n) is 14.2. The van der Waals surface area contributed by atoms with Crippen molar-refractivity contribution in [1.29, 1.82) is 0 Å². The maximum absolute atomic E-state index is 13.9. The first-order chi connectivity index (χ1) is 20.5. The van der Waals surface area contributed by atoms with E-state index >= 15 is 0 Å². The fourth-order valence-electron chi connectivity index (χ4n) is 3.69. The average molecular weight is 606 g/mol. The second-order valence-corrected chi connectivity index (χ2v) is 11.8. The second-order valence-electron chi connectivity index (χ2n) is 10.9. The molecule has 0 radical (unpaired) electrons. The van der Waals surface area contributed by atoms with Crippen LogP contribution in [-0.2, 0) is 18.8 Å². The van der Waals surface area contributed by atoms with Gasteiger partial charge in [0.25, 0.3) is 5.91 Å². The number of hydrogen-bond acceptors (Lipinski definition) is 7. The van der Waals surface area contributed by atoms with Crippen LogP contribution < -0.4 is 10.6 Å². The summed E-state index contributed by atoms with van der Waals surface area (Å²) in [6.07, 6.45) is 4.72. The minimum atomic E-state index is -1.41. The van der Waals surface area contributed by atoms with Crippen molar-refractivity contribution < 1.29 is 14.0 Å². The summed E-state index contributed by atoms with van der Waals surface area (Å²) in [5.74, 6) is -0.198. The van der Waals surface area contributed by atoms with Gasteiger partial charge in [-0.3, -0.25) is 14.6 Å². The number of thiazole rings is 1. The smallest absolute Gasteiger partial charge is 0.251 e. The molecular formula is C34H44FN5O2S. The quantitative estimate of drug-likeness (QED) is 0.150. The number of hydrogen-bond donors (Lipinski definition) is 2. The molecule has 230 valence electrons. The van der Waals surface area contributed by atoms with Crippen LogP contribution in [0.4, 0.5) is 4.39 Å². The Bertz CT molecular complexity index is 1390. The van der Waals surface area contributed by atoms with E-state index in [-0.39, 0.29) is 5.91 Å². The maximum atomic E-state index is 13.9. The Kier molecular flexibility index (Phi) is 15.4. The topological polar surface area (TPSA) is 87.2 Å². The van der Waals surface area contributed by atoms with E-state index in [4.69, 9.17) is 0 Å². The SMILES string of the molecule is CC(C)(F)c1cncc(CNCCCNC(=O)c2cccc(C=O)c2)c1.Cc1ccccc1.Cc1csc(CN(C)C)n1. The van der Waals surface area contributed by atoms with Gasteiger partial charge in [-0.2, -0.15) is 0 Å². The number of alkyl halides is 1. The predicted octanol–water partition coefficient (Wildman–Crippen LogP) is 6.52. The summed E-state index contributed by atoms with van der Waals surface area (Å²) in [5, 5.41) is 9.35. The highest BCUT2D eigenvalue weighted by molar-refractivity contribution is 7.09. The Hall–Kier alpha value is -3.79. The van der Waals surface area contributed by atoms with Gasteiger partial charge < -0.3 is 15.5 Å². The molecule has 0 spiro atoms. The molecule has 0 fully saturated rings. The number of pyridine rings is 1. The molecule has 43 heavy (non-hydrogen) atoms. The van der Waals surface area contributed by atoms with E-state index in [2.05, 4.69) is 64.0 Å². The Balaban J connectivity index is 0.000000306. The third-order valence-electron chi connectivity index (χ3n) is 5.97. The average Bonchev–Trinajstić information content (AvgIpc) is 3.39. The van der Waals surface area contributed by atoms with Crippen molar-refractivity contribution in [3.63, 3.8) is 0 Å². The molecule has 0 aliphatic rings. The van der Waals surface area contributed by atoms with Gasteiger partial charge in [0.15, 0.2) is 0 Å². The molecule has 2 heterocycles. The summed E-state index contributed by atoms with van der Waals surface area (Å²) in [6, 6.07) is 18.6. The molecule has 4 aromatic rings. The highest BCUT2D eigenvalue weighted by Gasteiger charge is 2.19. The molecular weight excluding hydrogens is 561 g/mol. The summed E-state index contributed by atoms with van der Waals surface area (Å²) in [6.45, 7) is 9.90. The molecule has 1 amide bonds. The van der Waals surface area contributed by atoms with E-state index in [1.807, 2.05) is 31.2 Å². The summed E-state index contributed by atoms with van der Waals surface area (Å²) in [5.41, 5.74) is 3.47. The zero-order valence-electron chi connectivity index (χ0n) is 26.1. The van der Waals surface area contributed by atoms with Gasteiger partial charge in [-0.25, -0.2) is 9.37 Å². The number of aldehydes is 1. The zero-order valence-corrected chi connectivity index (χ0v) is 26.9. The lowest BCUT2D eigenvalue weighted by Crippen LogP contribution is -2.27. The molecule has 2 N–H and O–H groups in total. The fraction of sp³-hybridized carbons (Fsp3) is 0.353. The molecule has 0 unspecified atom stereocenters. The number of amides is 1. The van der Waals surface area contributed by atoms with Gasteiger partial charge in [-0.1, -0.05) is 48.0 Å². The van der Waals surface area contributed by atoms with Crippen molar-refractivity contribution in [1.82, 2.24) is 25.5 Å². The largest absolute Gasteiger partial charge is 0.352 e. The zero-order chi connectivity index (χ0) is 31.7. The maximum Gasteiger partial charge on any atom is 0.251 e. The summed E-state index contributed by atoms with van der Waals surface area (Å²) in [7, 11) is 4.10. The lowest BCUT2D eigenvalue weighted by molar-refractivity contribution is 0.0953. The molecule has 0 saturated heterocycles. The first-order valence-corrected chi connectivity index (χ1v) is 15.1. The number of benzene rings is 2. The monoisotopic (exact) mass is 605 g/mol. The van der Waals surface area contributed by atoms with Crippen LogP contribution in [-0.4, -0.2) is 54.2 Å². The summed E-state index contributed by atoms with van der Waals surface area (Å²) in [4.78, 5) is 33.3. The number of nitrogens with zero attached hydrogens (tertiary/aromatic N) is 3. The molecule has 0 aliphatic heterocycles. The van der Waals surface area contributed by atoms with E-state index in [9.17, 15) is 14.0 Å². The molecule has 2 aromatic heterocycles. The third-order valence-corrected chi connectivity index (χ3v) is 6.92. The lowest BCUT2D eigenvalue weighted by Gasteiger charge is -2.15. The summed E-state index contributed by atoms with van der Waals surface area (Å²) >= 11 is 1.73.